The maximum Gasteiger partial charge on any atom is 0.0638 e. The van der Waals surface area contributed by atoms with E-state index in [0.29, 0.717) is 6.61 Å². The SMILES string of the molecule is COCC(CO)NC(C)c1ccccc1Br. The fourth-order valence-electron chi connectivity index (χ4n) is 1.62. The van der Waals surface area contributed by atoms with Gasteiger partial charge in [0.25, 0.3) is 0 Å². The molecule has 3 nitrogen and oxygen atoms in total. The Kier molecular flexibility index (Phi) is 5.98. The summed E-state index contributed by atoms with van der Waals surface area (Å²) in [6, 6.07) is 8.19. The lowest BCUT2D eigenvalue weighted by Gasteiger charge is -2.22. The maximum atomic E-state index is 9.17. The van der Waals surface area contributed by atoms with E-state index in [4.69, 9.17) is 9.84 Å². The number of aliphatic hydroxyl groups is 1. The largest absolute Gasteiger partial charge is 0.395 e. The van der Waals surface area contributed by atoms with Crippen molar-refractivity contribution in [3.8, 4) is 0 Å². The van der Waals surface area contributed by atoms with Crippen LogP contribution in [0.15, 0.2) is 28.7 Å². The van der Waals surface area contributed by atoms with Crippen molar-refractivity contribution in [3.05, 3.63) is 34.3 Å². The zero-order valence-electron chi connectivity index (χ0n) is 9.61. The Morgan fingerprint density at radius 3 is 2.69 bits per heavy atom. The van der Waals surface area contributed by atoms with E-state index in [1.165, 1.54) is 5.56 Å². The Bertz CT molecular complexity index is 320. The molecule has 0 spiro atoms. The van der Waals surface area contributed by atoms with Gasteiger partial charge in [0.2, 0.25) is 0 Å². The molecular formula is C12H18BrNO2. The van der Waals surface area contributed by atoms with Crippen LogP contribution in [0, 0.1) is 0 Å². The molecule has 0 aliphatic heterocycles. The molecule has 1 rings (SSSR count). The zero-order chi connectivity index (χ0) is 12.0. The summed E-state index contributed by atoms with van der Waals surface area (Å²) in [6.07, 6.45) is 0. The molecule has 0 bridgehead atoms. The van der Waals surface area contributed by atoms with Crippen molar-refractivity contribution in [1.82, 2.24) is 5.32 Å². The topological polar surface area (TPSA) is 41.5 Å². The van der Waals surface area contributed by atoms with E-state index in [1.54, 1.807) is 7.11 Å². The first kappa shape index (κ1) is 13.6. The van der Waals surface area contributed by atoms with Crippen molar-refractivity contribution in [3.63, 3.8) is 0 Å². The molecule has 0 aliphatic carbocycles. The van der Waals surface area contributed by atoms with Crippen LogP contribution in [0.5, 0.6) is 0 Å². The van der Waals surface area contributed by atoms with Gasteiger partial charge >= 0.3 is 0 Å². The van der Waals surface area contributed by atoms with E-state index in [0.717, 1.165) is 4.47 Å². The van der Waals surface area contributed by atoms with E-state index < -0.39 is 0 Å². The predicted molar refractivity (Wildman–Crippen MR) is 68.4 cm³/mol. The van der Waals surface area contributed by atoms with Gasteiger partial charge in [-0.25, -0.2) is 0 Å². The molecule has 16 heavy (non-hydrogen) atoms. The van der Waals surface area contributed by atoms with Crippen LogP contribution in [0.1, 0.15) is 18.5 Å². The monoisotopic (exact) mass is 287 g/mol. The quantitative estimate of drug-likeness (QED) is 0.842. The molecule has 4 heteroatoms. The van der Waals surface area contributed by atoms with Crippen LogP contribution in [0.3, 0.4) is 0 Å². The van der Waals surface area contributed by atoms with Crippen LogP contribution in [0.2, 0.25) is 0 Å². The van der Waals surface area contributed by atoms with Crippen LogP contribution in [0.4, 0.5) is 0 Å². The van der Waals surface area contributed by atoms with Gasteiger partial charge in [-0.1, -0.05) is 34.1 Å². The van der Waals surface area contributed by atoms with Crippen LogP contribution >= 0.6 is 15.9 Å². The molecule has 0 heterocycles. The van der Waals surface area contributed by atoms with Crippen molar-refractivity contribution in [2.75, 3.05) is 20.3 Å². The highest BCUT2D eigenvalue weighted by Gasteiger charge is 2.13. The maximum absolute atomic E-state index is 9.17. The lowest BCUT2D eigenvalue weighted by atomic mass is 10.1. The summed E-state index contributed by atoms with van der Waals surface area (Å²) in [5.41, 5.74) is 1.18. The lowest BCUT2D eigenvalue weighted by molar-refractivity contribution is 0.123. The van der Waals surface area contributed by atoms with Crippen LogP contribution < -0.4 is 5.32 Å². The smallest absolute Gasteiger partial charge is 0.0638 e. The summed E-state index contributed by atoms with van der Waals surface area (Å²) in [7, 11) is 1.63. The third-order valence-corrected chi connectivity index (χ3v) is 3.17. The summed E-state index contributed by atoms with van der Waals surface area (Å²) >= 11 is 3.51. The number of halogens is 1. The average molecular weight is 288 g/mol. The number of methoxy groups -OCH3 is 1. The third kappa shape index (κ3) is 3.87. The Morgan fingerprint density at radius 2 is 2.12 bits per heavy atom. The van der Waals surface area contributed by atoms with Crippen LogP contribution in [-0.2, 0) is 4.74 Å². The first-order valence-corrected chi connectivity index (χ1v) is 6.08. The van der Waals surface area contributed by atoms with Crippen molar-refractivity contribution >= 4 is 15.9 Å². The Labute approximate surface area is 105 Å². The first-order valence-electron chi connectivity index (χ1n) is 5.29. The summed E-state index contributed by atoms with van der Waals surface area (Å²) in [5, 5.41) is 12.5. The first-order chi connectivity index (χ1) is 7.69. The van der Waals surface area contributed by atoms with Crippen molar-refractivity contribution < 1.29 is 9.84 Å². The van der Waals surface area contributed by atoms with E-state index in [1.807, 2.05) is 18.2 Å². The second-order valence-corrected chi connectivity index (χ2v) is 4.60. The molecule has 0 fully saturated rings. The number of benzene rings is 1. The summed E-state index contributed by atoms with van der Waals surface area (Å²) in [4.78, 5) is 0. The minimum Gasteiger partial charge on any atom is -0.395 e. The van der Waals surface area contributed by atoms with Gasteiger partial charge in [-0.3, -0.25) is 0 Å². The minimum absolute atomic E-state index is 0.0351. The third-order valence-electron chi connectivity index (χ3n) is 2.45. The van der Waals surface area contributed by atoms with Gasteiger partial charge in [-0.05, 0) is 18.6 Å². The molecule has 0 aliphatic rings. The molecular weight excluding hydrogens is 270 g/mol. The molecule has 0 radical (unpaired) electrons. The highest BCUT2D eigenvalue weighted by molar-refractivity contribution is 9.10. The van der Waals surface area contributed by atoms with Crippen molar-refractivity contribution in [2.24, 2.45) is 0 Å². The molecule has 0 saturated heterocycles. The molecule has 1 aromatic rings. The average Bonchev–Trinajstić information content (AvgIpc) is 2.28. The fraction of sp³-hybridized carbons (Fsp3) is 0.500. The lowest BCUT2D eigenvalue weighted by Crippen LogP contribution is -2.38. The molecule has 90 valence electrons. The molecule has 2 N–H and O–H groups in total. The van der Waals surface area contributed by atoms with E-state index in [2.05, 4.69) is 34.2 Å². The number of hydrogen-bond donors (Lipinski definition) is 2. The Morgan fingerprint density at radius 1 is 1.44 bits per heavy atom. The second-order valence-electron chi connectivity index (χ2n) is 3.74. The Hall–Kier alpha value is -0.420. The number of hydrogen-bond acceptors (Lipinski definition) is 3. The minimum atomic E-state index is -0.0351. The van der Waals surface area contributed by atoms with Gasteiger partial charge < -0.3 is 15.2 Å². The highest BCUT2D eigenvalue weighted by Crippen LogP contribution is 2.22. The number of rotatable bonds is 6. The molecule has 0 amide bonds. The normalized spacial score (nSPS) is 14.8. The van der Waals surface area contributed by atoms with Gasteiger partial charge in [0, 0.05) is 17.6 Å². The highest BCUT2D eigenvalue weighted by atomic mass is 79.9. The van der Waals surface area contributed by atoms with Crippen molar-refractivity contribution in [2.45, 2.75) is 19.0 Å². The van der Waals surface area contributed by atoms with Gasteiger partial charge in [0.05, 0.1) is 19.3 Å². The summed E-state index contributed by atoms with van der Waals surface area (Å²) < 4.78 is 6.10. The molecule has 0 saturated carbocycles. The summed E-state index contributed by atoms with van der Waals surface area (Å²) in [5.74, 6) is 0. The molecule has 2 unspecified atom stereocenters. The molecule has 1 aromatic carbocycles. The second kappa shape index (κ2) is 7.01. The standard InChI is InChI=1S/C12H18BrNO2/c1-9(14-10(7-15)8-16-2)11-5-3-4-6-12(11)13/h3-6,9-10,14-15H,7-8H2,1-2H3. The van der Waals surface area contributed by atoms with Gasteiger partial charge in [-0.15, -0.1) is 0 Å². The summed E-state index contributed by atoms with van der Waals surface area (Å²) in [6.45, 7) is 2.65. The van der Waals surface area contributed by atoms with E-state index in [-0.39, 0.29) is 18.7 Å². The number of ether oxygens (including phenoxy) is 1. The molecule has 0 aromatic heterocycles. The van der Waals surface area contributed by atoms with Crippen molar-refractivity contribution in [1.29, 1.82) is 0 Å². The van der Waals surface area contributed by atoms with E-state index in [9.17, 15) is 0 Å². The fourth-order valence-corrected chi connectivity index (χ4v) is 2.25. The van der Waals surface area contributed by atoms with Gasteiger partial charge in [-0.2, -0.15) is 0 Å². The van der Waals surface area contributed by atoms with Gasteiger partial charge in [0.1, 0.15) is 0 Å². The molecule has 2 atom stereocenters. The number of nitrogens with one attached hydrogen (secondary N) is 1. The Balaban J connectivity index is 2.64. The predicted octanol–water partition coefficient (Wildman–Crippen LogP) is 2.11. The van der Waals surface area contributed by atoms with Crippen LogP contribution in [-0.4, -0.2) is 31.5 Å². The zero-order valence-corrected chi connectivity index (χ0v) is 11.2. The number of aliphatic hydroxyl groups excluding tert-OH is 1. The van der Waals surface area contributed by atoms with Crippen LogP contribution in [0.25, 0.3) is 0 Å². The van der Waals surface area contributed by atoms with Gasteiger partial charge in [0.15, 0.2) is 0 Å². The van der Waals surface area contributed by atoms with E-state index >= 15 is 0 Å².